The summed E-state index contributed by atoms with van der Waals surface area (Å²) in [6, 6.07) is 6.10. The van der Waals surface area contributed by atoms with Gasteiger partial charge in [0.1, 0.15) is 13.2 Å². The summed E-state index contributed by atoms with van der Waals surface area (Å²) in [6.45, 7) is 7.03. The Morgan fingerprint density at radius 3 is 2.70 bits per heavy atom. The molecule has 20 heavy (non-hydrogen) atoms. The molecule has 4 nitrogen and oxygen atoms in total. The van der Waals surface area contributed by atoms with E-state index in [4.69, 9.17) is 9.47 Å². The number of nitrogens with one attached hydrogen (secondary N) is 1. The molecule has 0 atom stereocenters. The van der Waals surface area contributed by atoms with Crippen LogP contribution >= 0.6 is 11.3 Å². The van der Waals surface area contributed by atoms with E-state index >= 15 is 0 Å². The smallest absolute Gasteiger partial charge is 0.161 e. The molecule has 2 aromatic rings. The molecule has 2 heterocycles. The lowest BCUT2D eigenvalue weighted by Gasteiger charge is -2.18. The van der Waals surface area contributed by atoms with Gasteiger partial charge in [-0.25, -0.2) is 4.98 Å². The van der Waals surface area contributed by atoms with Crippen molar-refractivity contribution in [2.24, 2.45) is 0 Å². The van der Waals surface area contributed by atoms with Crippen molar-refractivity contribution in [3.05, 3.63) is 39.3 Å². The molecule has 106 valence electrons. The molecular weight excluding hydrogens is 272 g/mol. The number of rotatable bonds is 4. The summed E-state index contributed by atoms with van der Waals surface area (Å²) in [5.41, 5.74) is 2.33. The van der Waals surface area contributed by atoms with Crippen LogP contribution < -0.4 is 14.8 Å². The minimum Gasteiger partial charge on any atom is -0.486 e. The van der Waals surface area contributed by atoms with Crippen LogP contribution in [0.3, 0.4) is 0 Å². The van der Waals surface area contributed by atoms with E-state index in [1.54, 1.807) is 11.3 Å². The Balaban J connectivity index is 1.60. The van der Waals surface area contributed by atoms with Crippen LogP contribution in [0.2, 0.25) is 0 Å². The van der Waals surface area contributed by atoms with Gasteiger partial charge in [-0.3, -0.25) is 0 Å². The minimum absolute atomic E-state index is 0.628. The molecule has 0 fully saturated rings. The zero-order valence-corrected chi connectivity index (χ0v) is 12.5. The number of fused-ring (bicyclic) bond motifs is 1. The number of ether oxygens (including phenoxy) is 2. The van der Waals surface area contributed by atoms with Gasteiger partial charge >= 0.3 is 0 Å². The zero-order valence-electron chi connectivity index (χ0n) is 11.7. The van der Waals surface area contributed by atoms with Gasteiger partial charge in [-0.1, -0.05) is 6.07 Å². The van der Waals surface area contributed by atoms with Gasteiger partial charge in [0.2, 0.25) is 0 Å². The molecule has 5 heteroatoms. The van der Waals surface area contributed by atoms with Crippen LogP contribution in [0.25, 0.3) is 0 Å². The van der Waals surface area contributed by atoms with Crippen molar-refractivity contribution in [3.63, 3.8) is 0 Å². The fraction of sp³-hybridized carbons (Fsp3) is 0.400. The summed E-state index contributed by atoms with van der Waals surface area (Å²) in [6.07, 6.45) is 0. The minimum atomic E-state index is 0.628. The lowest BCUT2D eigenvalue weighted by Crippen LogP contribution is -2.16. The molecule has 1 aliphatic heterocycles. The standard InChI is InChI=1S/C15H18N2O2S/c1-10-15(20-11(2)17-10)9-16-8-12-3-4-13-14(7-12)19-6-5-18-13/h3-4,7,16H,5-6,8-9H2,1-2H3. The molecule has 1 aromatic heterocycles. The molecule has 0 saturated heterocycles. The Morgan fingerprint density at radius 2 is 1.95 bits per heavy atom. The third-order valence-corrected chi connectivity index (χ3v) is 4.29. The molecule has 0 saturated carbocycles. The Hall–Kier alpha value is -1.59. The maximum atomic E-state index is 5.59. The SMILES string of the molecule is Cc1nc(C)c(CNCc2ccc3c(c2)OCCO3)s1. The average molecular weight is 290 g/mol. The van der Waals surface area contributed by atoms with Crippen LogP contribution in [-0.4, -0.2) is 18.2 Å². The van der Waals surface area contributed by atoms with E-state index in [9.17, 15) is 0 Å². The highest BCUT2D eigenvalue weighted by Crippen LogP contribution is 2.30. The number of aromatic nitrogens is 1. The van der Waals surface area contributed by atoms with Crippen molar-refractivity contribution < 1.29 is 9.47 Å². The first-order valence-electron chi connectivity index (χ1n) is 6.74. The number of hydrogen-bond donors (Lipinski definition) is 1. The highest BCUT2D eigenvalue weighted by atomic mass is 32.1. The molecule has 0 unspecified atom stereocenters. The van der Waals surface area contributed by atoms with E-state index < -0.39 is 0 Å². The van der Waals surface area contributed by atoms with Crippen molar-refractivity contribution in [1.29, 1.82) is 0 Å². The van der Waals surface area contributed by atoms with Gasteiger partial charge < -0.3 is 14.8 Å². The van der Waals surface area contributed by atoms with Crippen LogP contribution in [0.4, 0.5) is 0 Å². The van der Waals surface area contributed by atoms with Crippen LogP contribution in [-0.2, 0) is 13.1 Å². The molecule has 0 radical (unpaired) electrons. The van der Waals surface area contributed by atoms with Crippen LogP contribution in [0.1, 0.15) is 21.1 Å². The largest absolute Gasteiger partial charge is 0.486 e. The van der Waals surface area contributed by atoms with E-state index in [0.29, 0.717) is 13.2 Å². The predicted octanol–water partition coefficient (Wildman–Crippen LogP) is 2.82. The molecule has 0 spiro atoms. The molecule has 3 rings (SSSR count). The zero-order chi connectivity index (χ0) is 13.9. The van der Waals surface area contributed by atoms with Gasteiger partial charge in [-0.2, -0.15) is 0 Å². The topological polar surface area (TPSA) is 43.4 Å². The normalized spacial score (nSPS) is 13.5. The number of thiazole rings is 1. The third-order valence-electron chi connectivity index (χ3n) is 3.22. The first-order chi connectivity index (χ1) is 9.72. The summed E-state index contributed by atoms with van der Waals surface area (Å²) in [7, 11) is 0. The molecule has 1 N–H and O–H groups in total. The molecule has 0 bridgehead atoms. The summed E-state index contributed by atoms with van der Waals surface area (Å²) >= 11 is 1.75. The first kappa shape index (κ1) is 13.4. The molecule has 0 amide bonds. The summed E-state index contributed by atoms with van der Waals surface area (Å²) in [5.74, 6) is 1.69. The van der Waals surface area contributed by atoms with E-state index in [1.807, 2.05) is 19.1 Å². The van der Waals surface area contributed by atoms with Crippen LogP contribution in [0.5, 0.6) is 11.5 Å². The van der Waals surface area contributed by atoms with Gasteiger partial charge in [-0.05, 0) is 31.5 Å². The number of benzene rings is 1. The quantitative estimate of drug-likeness (QED) is 0.940. The Kier molecular flexibility index (Phi) is 3.89. The van der Waals surface area contributed by atoms with Crippen LogP contribution in [0, 0.1) is 13.8 Å². The fourth-order valence-electron chi connectivity index (χ4n) is 2.26. The van der Waals surface area contributed by atoms with Crippen molar-refractivity contribution in [3.8, 4) is 11.5 Å². The second-order valence-electron chi connectivity index (χ2n) is 4.82. The number of nitrogens with zero attached hydrogens (tertiary/aromatic N) is 1. The Labute approximate surface area is 122 Å². The summed E-state index contributed by atoms with van der Waals surface area (Å²) < 4.78 is 11.1. The number of hydrogen-bond acceptors (Lipinski definition) is 5. The van der Waals surface area contributed by atoms with Crippen molar-refractivity contribution in [2.45, 2.75) is 26.9 Å². The van der Waals surface area contributed by atoms with Gasteiger partial charge in [0.25, 0.3) is 0 Å². The van der Waals surface area contributed by atoms with Gasteiger partial charge in [0, 0.05) is 18.0 Å². The van der Waals surface area contributed by atoms with E-state index in [2.05, 4.69) is 23.3 Å². The maximum absolute atomic E-state index is 5.59. The Bertz CT molecular complexity index is 610. The average Bonchev–Trinajstić information content (AvgIpc) is 2.77. The van der Waals surface area contributed by atoms with Crippen molar-refractivity contribution in [1.82, 2.24) is 10.3 Å². The summed E-state index contributed by atoms with van der Waals surface area (Å²) in [4.78, 5) is 5.74. The number of aryl methyl sites for hydroxylation is 2. The van der Waals surface area contributed by atoms with Crippen LogP contribution in [0.15, 0.2) is 18.2 Å². The van der Waals surface area contributed by atoms with Crippen molar-refractivity contribution in [2.75, 3.05) is 13.2 Å². The second-order valence-corrected chi connectivity index (χ2v) is 6.11. The van der Waals surface area contributed by atoms with Gasteiger partial charge in [-0.15, -0.1) is 11.3 Å². The second kappa shape index (κ2) is 5.81. The fourth-order valence-corrected chi connectivity index (χ4v) is 3.16. The molecule has 1 aliphatic rings. The lowest BCUT2D eigenvalue weighted by atomic mass is 10.2. The third kappa shape index (κ3) is 2.94. The highest BCUT2D eigenvalue weighted by Gasteiger charge is 2.11. The highest BCUT2D eigenvalue weighted by molar-refractivity contribution is 7.11. The predicted molar refractivity (Wildman–Crippen MR) is 79.6 cm³/mol. The van der Waals surface area contributed by atoms with Gasteiger partial charge in [0.15, 0.2) is 11.5 Å². The summed E-state index contributed by atoms with van der Waals surface area (Å²) in [5, 5.41) is 4.58. The van der Waals surface area contributed by atoms with E-state index in [1.165, 1.54) is 10.4 Å². The van der Waals surface area contributed by atoms with E-state index in [-0.39, 0.29) is 0 Å². The molecule has 0 aliphatic carbocycles. The molecule has 1 aromatic carbocycles. The Morgan fingerprint density at radius 1 is 1.15 bits per heavy atom. The lowest BCUT2D eigenvalue weighted by molar-refractivity contribution is 0.171. The monoisotopic (exact) mass is 290 g/mol. The maximum Gasteiger partial charge on any atom is 0.161 e. The first-order valence-corrected chi connectivity index (χ1v) is 7.56. The molecular formula is C15H18N2O2S. The van der Waals surface area contributed by atoms with Gasteiger partial charge in [0.05, 0.1) is 10.7 Å². The van der Waals surface area contributed by atoms with E-state index in [0.717, 1.165) is 35.3 Å². The van der Waals surface area contributed by atoms with Crippen molar-refractivity contribution >= 4 is 11.3 Å².